The lowest BCUT2D eigenvalue weighted by Gasteiger charge is -2.14. The molecular weight excluding hydrogens is 358 g/mol. The number of aromatic nitrogens is 1. The number of rotatable bonds is 6. The van der Waals surface area contributed by atoms with E-state index in [4.69, 9.17) is 26.1 Å². The number of esters is 1. The fourth-order valence-electron chi connectivity index (χ4n) is 2.32. The number of halogens is 1. The molecule has 0 bridgehead atoms. The van der Waals surface area contributed by atoms with E-state index in [1.54, 1.807) is 19.9 Å². The number of amides is 1. The Hall–Kier alpha value is -2.85. The minimum absolute atomic E-state index is 0.114. The molecule has 136 valence electrons. The van der Waals surface area contributed by atoms with Crippen LogP contribution in [0.2, 0.25) is 5.02 Å². The molecule has 7 nitrogen and oxygen atoms in total. The molecule has 0 saturated heterocycles. The van der Waals surface area contributed by atoms with Crippen LogP contribution in [0.5, 0.6) is 0 Å². The standard InChI is InChI=1S/C18H18ClN3O4/c1-10-15(11(2)26-22-10)6-7-17(23)25-12(3)18(24)21-14-5-4-13(9-20)16(19)8-14/h4-5,8,12H,6-7H2,1-3H3,(H,21,24)/t12-/m0/s1. The average Bonchev–Trinajstić information content (AvgIpc) is 2.91. The smallest absolute Gasteiger partial charge is 0.306 e. The van der Waals surface area contributed by atoms with Crippen LogP contribution in [0.4, 0.5) is 5.69 Å². The first-order valence-corrected chi connectivity index (χ1v) is 8.31. The molecule has 26 heavy (non-hydrogen) atoms. The Bertz CT molecular complexity index is 850. The average molecular weight is 376 g/mol. The van der Waals surface area contributed by atoms with Crippen LogP contribution in [0.1, 0.15) is 35.9 Å². The molecule has 1 aromatic carbocycles. The third kappa shape index (κ3) is 4.83. The fraction of sp³-hybridized carbons (Fsp3) is 0.333. The maximum Gasteiger partial charge on any atom is 0.306 e. The van der Waals surface area contributed by atoms with Gasteiger partial charge in [-0.05, 0) is 45.4 Å². The molecule has 1 amide bonds. The number of carbonyl (C=O) groups is 2. The summed E-state index contributed by atoms with van der Waals surface area (Å²) in [5.74, 6) is -0.319. The molecule has 1 aromatic heterocycles. The van der Waals surface area contributed by atoms with E-state index in [0.717, 1.165) is 11.3 Å². The van der Waals surface area contributed by atoms with Gasteiger partial charge < -0.3 is 14.6 Å². The number of anilines is 1. The quantitative estimate of drug-likeness (QED) is 0.776. The highest BCUT2D eigenvalue weighted by atomic mass is 35.5. The Morgan fingerprint density at radius 1 is 1.42 bits per heavy atom. The van der Waals surface area contributed by atoms with Crippen molar-refractivity contribution in [2.45, 2.75) is 39.7 Å². The van der Waals surface area contributed by atoms with Gasteiger partial charge in [0.1, 0.15) is 11.8 Å². The second kappa shape index (κ2) is 8.50. The van der Waals surface area contributed by atoms with E-state index in [1.807, 2.05) is 6.07 Å². The summed E-state index contributed by atoms with van der Waals surface area (Å²) in [6.45, 7) is 5.06. The number of ether oxygens (including phenoxy) is 1. The summed E-state index contributed by atoms with van der Waals surface area (Å²) in [7, 11) is 0. The normalized spacial score (nSPS) is 11.5. The van der Waals surface area contributed by atoms with E-state index in [0.29, 0.717) is 23.4 Å². The molecule has 0 spiro atoms. The highest BCUT2D eigenvalue weighted by Gasteiger charge is 2.19. The number of nitriles is 1. The molecule has 8 heteroatoms. The van der Waals surface area contributed by atoms with Crippen LogP contribution in [0.15, 0.2) is 22.7 Å². The monoisotopic (exact) mass is 375 g/mol. The first-order chi connectivity index (χ1) is 12.3. The lowest BCUT2D eigenvalue weighted by molar-refractivity contribution is -0.153. The van der Waals surface area contributed by atoms with Gasteiger partial charge in [0.15, 0.2) is 6.10 Å². The summed E-state index contributed by atoms with van der Waals surface area (Å²) in [5, 5.41) is 15.5. The Morgan fingerprint density at radius 2 is 2.15 bits per heavy atom. The van der Waals surface area contributed by atoms with Gasteiger partial charge in [0.25, 0.3) is 5.91 Å². The van der Waals surface area contributed by atoms with Gasteiger partial charge in [0.2, 0.25) is 0 Å². The van der Waals surface area contributed by atoms with Gasteiger partial charge in [0.05, 0.1) is 16.3 Å². The van der Waals surface area contributed by atoms with Gasteiger partial charge in [-0.1, -0.05) is 16.8 Å². The Kier molecular flexibility index (Phi) is 6.36. The van der Waals surface area contributed by atoms with Crippen molar-refractivity contribution in [3.05, 3.63) is 45.8 Å². The van der Waals surface area contributed by atoms with Crippen LogP contribution in [-0.2, 0) is 20.7 Å². The minimum atomic E-state index is -0.971. The lowest BCUT2D eigenvalue weighted by Crippen LogP contribution is -2.30. The van der Waals surface area contributed by atoms with Crippen molar-refractivity contribution >= 4 is 29.2 Å². The van der Waals surface area contributed by atoms with Crippen molar-refractivity contribution < 1.29 is 18.8 Å². The molecule has 0 unspecified atom stereocenters. The highest BCUT2D eigenvalue weighted by Crippen LogP contribution is 2.20. The molecule has 0 aliphatic carbocycles. The van der Waals surface area contributed by atoms with Gasteiger partial charge in [-0.2, -0.15) is 5.26 Å². The first kappa shape index (κ1) is 19.5. The van der Waals surface area contributed by atoms with Gasteiger partial charge in [-0.15, -0.1) is 0 Å². The minimum Gasteiger partial charge on any atom is -0.453 e. The molecule has 0 aliphatic rings. The topological polar surface area (TPSA) is 105 Å². The zero-order valence-corrected chi connectivity index (χ0v) is 15.4. The zero-order chi connectivity index (χ0) is 19.3. The molecule has 2 rings (SSSR count). The largest absolute Gasteiger partial charge is 0.453 e. The molecule has 2 aromatic rings. The summed E-state index contributed by atoms with van der Waals surface area (Å²) in [6.07, 6.45) is -0.426. The van der Waals surface area contributed by atoms with Crippen LogP contribution in [0, 0.1) is 25.2 Å². The second-order valence-electron chi connectivity index (χ2n) is 5.73. The molecule has 0 radical (unpaired) electrons. The lowest BCUT2D eigenvalue weighted by atomic mass is 10.1. The van der Waals surface area contributed by atoms with E-state index >= 15 is 0 Å². The Morgan fingerprint density at radius 3 is 2.73 bits per heavy atom. The van der Waals surface area contributed by atoms with Crippen LogP contribution in [0.3, 0.4) is 0 Å². The van der Waals surface area contributed by atoms with Gasteiger partial charge in [-0.25, -0.2) is 0 Å². The predicted molar refractivity (Wildman–Crippen MR) is 94.6 cm³/mol. The number of benzene rings is 1. The maximum absolute atomic E-state index is 12.1. The number of hydrogen-bond acceptors (Lipinski definition) is 6. The summed E-state index contributed by atoms with van der Waals surface area (Å²) < 4.78 is 10.2. The first-order valence-electron chi connectivity index (χ1n) is 7.93. The van der Waals surface area contributed by atoms with E-state index in [-0.39, 0.29) is 11.4 Å². The third-order valence-corrected chi connectivity index (χ3v) is 4.11. The summed E-state index contributed by atoms with van der Waals surface area (Å²) in [4.78, 5) is 24.1. The predicted octanol–water partition coefficient (Wildman–Crippen LogP) is 3.32. The zero-order valence-electron chi connectivity index (χ0n) is 14.6. The van der Waals surface area contributed by atoms with Crippen molar-refractivity contribution in [1.29, 1.82) is 5.26 Å². The second-order valence-corrected chi connectivity index (χ2v) is 6.14. The van der Waals surface area contributed by atoms with E-state index in [9.17, 15) is 9.59 Å². The summed E-state index contributed by atoms with van der Waals surface area (Å²) in [6, 6.07) is 6.44. The van der Waals surface area contributed by atoms with Crippen LogP contribution < -0.4 is 5.32 Å². The fourth-order valence-corrected chi connectivity index (χ4v) is 2.55. The van der Waals surface area contributed by atoms with E-state index < -0.39 is 18.0 Å². The van der Waals surface area contributed by atoms with Gasteiger partial charge >= 0.3 is 5.97 Å². The van der Waals surface area contributed by atoms with Gasteiger partial charge in [0, 0.05) is 17.7 Å². The van der Waals surface area contributed by atoms with Crippen molar-refractivity contribution in [2.75, 3.05) is 5.32 Å². The van der Waals surface area contributed by atoms with Gasteiger partial charge in [-0.3, -0.25) is 9.59 Å². The van der Waals surface area contributed by atoms with Crippen LogP contribution >= 0.6 is 11.6 Å². The van der Waals surface area contributed by atoms with Crippen LogP contribution in [-0.4, -0.2) is 23.1 Å². The van der Waals surface area contributed by atoms with Crippen molar-refractivity contribution in [3.63, 3.8) is 0 Å². The van der Waals surface area contributed by atoms with Crippen molar-refractivity contribution in [3.8, 4) is 6.07 Å². The molecule has 0 fully saturated rings. The molecule has 1 heterocycles. The number of nitrogens with one attached hydrogen (secondary N) is 1. The summed E-state index contributed by atoms with van der Waals surface area (Å²) in [5.41, 5.74) is 2.33. The Balaban J connectivity index is 1.87. The Labute approximate surface area is 155 Å². The molecule has 0 aliphatic heterocycles. The number of aryl methyl sites for hydroxylation is 2. The number of nitrogens with zero attached hydrogens (tertiary/aromatic N) is 2. The molecule has 1 atom stereocenters. The third-order valence-electron chi connectivity index (χ3n) is 3.79. The molecule has 0 saturated carbocycles. The van der Waals surface area contributed by atoms with E-state index in [2.05, 4.69) is 10.5 Å². The summed E-state index contributed by atoms with van der Waals surface area (Å²) >= 11 is 5.92. The van der Waals surface area contributed by atoms with Crippen LogP contribution in [0.25, 0.3) is 0 Å². The highest BCUT2D eigenvalue weighted by molar-refractivity contribution is 6.32. The molecule has 1 N–H and O–H groups in total. The SMILES string of the molecule is Cc1noc(C)c1CCC(=O)O[C@@H](C)C(=O)Nc1ccc(C#N)c(Cl)c1. The van der Waals surface area contributed by atoms with E-state index in [1.165, 1.54) is 19.1 Å². The van der Waals surface area contributed by atoms with Crippen molar-refractivity contribution in [2.24, 2.45) is 0 Å². The number of hydrogen-bond donors (Lipinski definition) is 1. The maximum atomic E-state index is 12.1. The molecular formula is C18H18ClN3O4. The van der Waals surface area contributed by atoms with Crippen molar-refractivity contribution in [1.82, 2.24) is 5.16 Å². The number of carbonyl (C=O) groups excluding carboxylic acids is 2.